The molecule has 0 aliphatic carbocycles. The summed E-state index contributed by atoms with van der Waals surface area (Å²) in [7, 11) is 0. The molecule has 0 aliphatic heterocycles. The fourth-order valence-corrected chi connectivity index (χ4v) is 2.20. The average molecular weight is 262 g/mol. The van der Waals surface area contributed by atoms with Gasteiger partial charge in [-0.2, -0.15) is 11.3 Å². The van der Waals surface area contributed by atoms with Gasteiger partial charge in [-0.15, -0.1) is 12.4 Å². The van der Waals surface area contributed by atoms with Crippen LogP contribution in [-0.2, 0) is 6.54 Å². The lowest BCUT2D eigenvalue weighted by molar-refractivity contribution is 0.358. The van der Waals surface area contributed by atoms with E-state index in [-0.39, 0.29) is 12.4 Å². The second-order valence-corrected chi connectivity index (χ2v) is 6.11. The van der Waals surface area contributed by atoms with Crippen LogP contribution in [0.1, 0.15) is 45.6 Å². The largest absolute Gasteiger partial charge is 0.313 e. The quantitative estimate of drug-likeness (QED) is 0.745. The molecular weight excluding hydrogens is 238 g/mol. The van der Waals surface area contributed by atoms with Gasteiger partial charge in [0, 0.05) is 6.54 Å². The van der Waals surface area contributed by atoms with E-state index in [9.17, 15) is 0 Å². The van der Waals surface area contributed by atoms with Gasteiger partial charge in [0.2, 0.25) is 0 Å². The highest BCUT2D eigenvalue weighted by Crippen LogP contribution is 2.21. The van der Waals surface area contributed by atoms with E-state index in [4.69, 9.17) is 0 Å². The monoisotopic (exact) mass is 261 g/mol. The number of halogens is 1. The van der Waals surface area contributed by atoms with Crippen molar-refractivity contribution < 1.29 is 0 Å². The van der Waals surface area contributed by atoms with E-state index in [1.54, 1.807) is 11.3 Å². The van der Waals surface area contributed by atoms with Crippen molar-refractivity contribution in [2.24, 2.45) is 5.41 Å². The Labute approximate surface area is 110 Å². The van der Waals surface area contributed by atoms with E-state index in [1.165, 1.54) is 24.8 Å². The van der Waals surface area contributed by atoms with Crippen molar-refractivity contribution in [3.8, 4) is 0 Å². The lowest BCUT2D eigenvalue weighted by atomic mass is 9.90. The summed E-state index contributed by atoms with van der Waals surface area (Å²) in [6.45, 7) is 9.11. The molecule has 0 radical (unpaired) electrons. The molecular formula is C13H24ClNS. The van der Waals surface area contributed by atoms with Crippen LogP contribution in [0, 0.1) is 5.41 Å². The third-order valence-corrected chi connectivity index (χ3v) is 3.17. The van der Waals surface area contributed by atoms with Crippen LogP contribution < -0.4 is 5.32 Å². The van der Waals surface area contributed by atoms with Gasteiger partial charge in [0.1, 0.15) is 0 Å². The second-order valence-electron chi connectivity index (χ2n) is 5.33. The summed E-state index contributed by atoms with van der Waals surface area (Å²) >= 11 is 1.77. The smallest absolute Gasteiger partial charge is 0.0213 e. The molecule has 0 aliphatic rings. The third kappa shape index (κ3) is 8.14. The van der Waals surface area contributed by atoms with Crippen LogP contribution in [0.25, 0.3) is 0 Å². The summed E-state index contributed by atoms with van der Waals surface area (Å²) in [4.78, 5) is 0. The number of thiophene rings is 1. The molecule has 0 bridgehead atoms. The summed E-state index contributed by atoms with van der Waals surface area (Å²) in [5, 5.41) is 7.83. The Morgan fingerprint density at radius 2 is 2.00 bits per heavy atom. The number of hydrogen-bond acceptors (Lipinski definition) is 2. The molecule has 1 nitrogen and oxygen atoms in total. The van der Waals surface area contributed by atoms with E-state index in [0.29, 0.717) is 5.41 Å². The van der Waals surface area contributed by atoms with Gasteiger partial charge in [0.25, 0.3) is 0 Å². The van der Waals surface area contributed by atoms with Crippen LogP contribution in [0.3, 0.4) is 0 Å². The van der Waals surface area contributed by atoms with E-state index in [0.717, 1.165) is 13.1 Å². The van der Waals surface area contributed by atoms with Crippen LogP contribution in [0.5, 0.6) is 0 Å². The molecule has 0 saturated heterocycles. The molecule has 0 aromatic carbocycles. The molecule has 0 atom stereocenters. The first-order valence-electron chi connectivity index (χ1n) is 5.80. The van der Waals surface area contributed by atoms with Gasteiger partial charge in [-0.25, -0.2) is 0 Å². The number of rotatable bonds is 6. The van der Waals surface area contributed by atoms with Crippen molar-refractivity contribution in [2.45, 2.75) is 46.6 Å². The zero-order chi connectivity index (χ0) is 11.1. The number of nitrogens with one attached hydrogen (secondary N) is 1. The highest BCUT2D eigenvalue weighted by atomic mass is 35.5. The lowest BCUT2D eigenvalue weighted by Gasteiger charge is -2.17. The van der Waals surface area contributed by atoms with E-state index in [2.05, 4.69) is 42.9 Å². The van der Waals surface area contributed by atoms with Crippen LogP contribution in [0.15, 0.2) is 16.8 Å². The van der Waals surface area contributed by atoms with Gasteiger partial charge < -0.3 is 5.32 Å². The van der Waals surface area contributed by atoms with Crippen molar-refractivity contribution in [1.82, 2.24) is 5.32 Å². The van der Waals surface area contributed by atoms with Gasteiger partial charge in [-0.05, 0) is 47.2 Å². The van der Waals surface area contributed by atoms with E-state index < -0.39 is 0 Å². The molecule has 94 valence electrons. The van der Waals surface area contributed by atoms with Crippen LogP contribution in [0.2, 0.25) is 0 Å². The average Bonchev–Trinajstić information content (AvgIpc) is 2.61. The zero-order valence-electron chi connectivity index (χ0n) is 10.6. The third-order valence-electron chi connectivity index (χ3n) is 2.44. The SMILES string of the molecule is CC(C)(C)CCCCNCc1ccsc1.Cl. The molecule has 1 N–H and O–H groups in total. The van der Waals surface area contributed by atoms with Gasteiger partial charge >= 0.3 is 0 Å². The Balaban J connectivity index is 0.00000225. The van der Waals surface area contributed by atoms with Crippen molar-refractivity contribution in [3.63, 3.8) is 0 Å². The minimum Gasteiger partial charge on any atom is -0.313 e. The van der Waals surface area contributed by atoms with Crippen LogP contribution in [-0.4, -0.2) is 6.54 Å². The van der Waals surface area contributed by atoms with Crippen molar-refractivity contribution in [2.75, 3.05) is 6.54 Å². The highest BCUT2D eigenvalue weighted by molar-refractivity contribution is 7.07. The van der Waals surface area contributed by atoms with Crippen molar-refractivity contribution >= 4 is 23.7 Å². The molecule has 3 heteroatoms. The summed E-state index contributed by atoms with van der Waals surface area (Å²) in [6, 6.07) is 2.19. The molecule has 0 amide bonds. The first kappa shape index (κ1) is 16.0. The molecule has 1 rings (SSSR count). The lowest BCUT2D eigenvalue weighted by Crippen LogP contribution is -2.15. The fourth-order valence-electron chi connectivity index (χ4n) is 1.53. The van der Waals surface area contributed by atoms with Gasteiger partial charge in [-0.3, -0.25) is 0 Å². The Kier molecular flexibility index (Phi) is 8.08. The van der Waals surface area contributed by atoms with Crippen LogP contribution in [0.4, 0.5) is 0 Å². The molecule has 0 fully saturated rings. The van der Waals surface area contributed by atoms with E-state index >= 15 is 0 Å². The summed E-state index contributed by atoms with van der Waals surface area (Å²) in [5.41, 5.74) is 1.91. The maximum atomic E-state index is 3.48. The summed E-state index contributed by atoms with van der Waals surface area (Å²) in [5.74, 6) is 0. The Hall–Kier alpha value is -0.0500. The number of hydrogen-bond donors (Lipinski definition) is 1. The maximum Gasteiger partial charge on any atom is 0.0213 e. The normalized spacial score (nSPS) is 11.2. The summed E-state index contributed by atoms with van der Waals surface area (Å²) in [6.07, 6.45) is 3.95. The van der Waals surface area contributed by atoms with Crippen LogP contribution >= 0.6 is 23.7 Å². The van der Waals surface area contributed by atoms with Gasteiger partial charge in [0.15, 0.2) is 0 Å². The molecule has 1 aromatic heterocycles. The Bertz CT molecular complexity index is 251. The first-order chi connectivity index (χ1) is 7.08. The van der Waals surface area contributed by atoms with Gasteiger partial charge in [-0.1, -0.05) is 27.2 Å². The van der Waals surface area contributed by atoms with Gasteiger partial charge in [0.05, 0.1) is 0 Å². The molecule has 1 aromatic rings. The second kappa shape index (κ2) is 8.10. The number of unbranched alkanes of at least 4 members (excludes halogenated alkanes) is 1. The topological polar surface area (TPSA) is 12.0 Å². The Morgan fingerprint density at radius 3 is 2.56 bits per heavy atom. The molecule has 1 heterocycles. The molecule has 16 heavy (non-hydrogen) atoms. The molecule has 0 saturated carbocycles. The fraction of sp³-hybridized carbons (Fsp3) is 0.692. The molecule has 0 spiro atoms. The van der Waals surface area contributed by atoms with Crippen molar-refractivity contribution in [3.05, 3.63) is 22.4 Å². The minimum atomic E-state index is 0. The first-order valence-corrected chi connectivity index (χ1v) is 6.74. The zero-order valence-corrected chi connectivity index (χ0v) is 12.2. The minimum absolute atomic E-state index is 0. The highest BCUT2D eigenvalue weighted by Gasteiger charge is 2.08. The van der Waals surface area contributed by atoms with E-state index in [1.807, 2.05) is 0 Å². The Morgan fingerprint density at radius 1 is 1.25 bits per heavy atom. The molecule has 0 unspecified atom stereocenters. The predicted octanol–water partition coefficient (Wildman–Crippen LogP) is 4.48. The predicted molar refractivity (Wildman–Crippen MR) is 76.6 cm³/mol. The maximum absolute atomic E-state index is 3.48. The summed E-state index contributed by atoms with van der Waals surface area (Å²) < 4.78 is 0. The standard InChI is InChI=1S/C13H23NS.ClH/c1-13(2,3)7-4-5-8-14-10-12-6-9-15-11-12;/h6,9,11,14H,4-5,7-8,10H2,1-3H3;1H. The van der Waals surface area contributed by atoms with Crippen molar-refractivity contribution in [1.29, 1.82) is 0 Å².